The molecule has 0 saturated carbocycles. The van der Waals surface area contributed by atoms with Gasteiger partial charge in [0.05, 0.1) is 12.1 Å². The molecule has 2 aromatic carbocycles. The molecule has 23 heavy (non-hydrogen) atoms. The van der Waals surface area contributed by atoms with Crippen LogP contribution in [-0.4, -0.2) is 23.6 Å². The smallest absolute Gasteiger partial charge is 0.224 e. The Bertz CT molecular complexity index is 805. The Hall–Kier alpha value is -2.33. The lowest BCUT2D eigenvalue weighted by molar-refractivity contribution is 0.317. The number of hydrogen-bond donors (Lipinski definition) is 0. The van der Waals surface area contributed by atoms with Crippen LogP contribution in [0.3, 0.4) is 0 Å². The second-order valence-corrected chi connectivity index (χ2v) is 5.57. The summed E-state index contributed by atoms with van der Waals surface area (Å²) < 4.78 is 5.62. The predicted molar refractivity (Wildman–Crippen MR) is 94.8 cm³/mol. The average molecular weight is 328 g/mol. The van der Waals surface area contributed by atoms with Crippen LogP contribution in [0, 0.1) is 0 Å². The van der Waals surface area contributed by atoms with E-state index in [2.05, 4.69) is 16.9 Å². The SMILES string of the molecule is CCCOc1ccc(N(C)c2nc(Cl)nc3ccccc23)cc1. The first kappa shape index (κ1) is 15.6. The maximum atomic E-state index is 6.07. The molecule has 0 fully saturated rings. The van der Waals surface area contributed by atoms with Crippen LogP contribution in [0.25, 0.3) is 10.9 Å². The van der Waals surface area contributed by atoms with E-state index < -0.39 is 0 Å². The van der Waals surface area contributed by atoms with Crippen LogP contribution >= 0.6 is 11.6 Å². The first-order valence-corrected chi connectivity index (χ1v) is 7.95. The largest absolute Gasteiger partial charge is 0.494 e. The van der Waals surface area contributed by atoms with E-state index in [1.807, 2.05) is 60.5 Å². The molecule has 5 heteroatoms. The fraction of sp³-hybridized carbons (Fsp3) is 0.222. The zero-order valence-corrected chi connectivity index (χ0v) is 13.9. The molecule has 0 atom stereocenters. The van der Waals surface area contributed by atoms with Crippen molar-refractivity contribution >= 4 is 34.0 Å². The Kier molecular flexibility index (Phi) is 4.63. The topological polar surface area (TPSA) is 38.2 Å². The van der Waals surface area contributed by atoms with E-state index in [0.717, 1.165) is 41.2 Å². The molecule has 1 heterocycles. The van der Waals surface area contributed by atoms with E-state index in [9.17, 15) is 0 Å². The summed E-state index contributed by atoms with van der Waals surface area (Å²) in [4.78, 5) is 10.7. The molecule has 0 bridgehead atoms. The number of anilines is 2. The van der Waals surface area contributed by atoms with Crippen LogP contribution in [0.4, 0.5) is 11.5 Å². The molecule has 3 aromatic rings. The molecule has 0 spiro atoms. The van der Waals surface area contributed by atoms with Crippen LogP contribution in [0.2, 0.25) is 5.28 Å². The third kappa shape index (κ3) is 3.37. The predicted octanol–water partition coefficient (Wildman–Crippen LogP) is 4.84. The summed E-state index contributed by atoms with van der Waals surface area (Å²) in [7, 11) is 1.97. The number of hydrogen-bond acceptors (Lipinski definition) is 4. The van der Waals surface area contributed by atoms with Gasteiger partial charge in [-0.1, -0.05) is 19.1 Å². The van der Waals surface area contributed by atoms with Crippen LogP contribution in [0.1, 0.15) is 13.3 Å². The van der Waals surface area contributed by atoms with E-state index in [0.29, 0.717) is 0 Å². The lowest BCUT2D eigenvalue weighted by Gasteiger charge is -2.20. The first-order chi connectivity index (χ1) is 11.2. The highest BCUT2D eigenvalue weighted by atomic mass is 35.5. The molecular weight excluding hydrogens is 310 g/mol. The van der Waals surface area contributed by atoms with Gasteiger partial charge in [0.2, 0.25) is 5.28 Å². The number of fused-ring (bicyclic) bond motifs is 1. The van der Waals surface area contributed by atoms with Gasteiger partial charge in [-0.15, -0.1) is 0 Å². The molecular formula is C18H18ClN3O. The minimum atomic E-state index is 0.244. The molecule has 0 unspecified atom stereocenters. The van der Waals surface area contributed by atoms with Gasteiger partial charge in [-0.3, -0.25) is 0 Å². The monoisotopic (exact) mass is 327 g/mol. The molecule has 0 N–H and O–H groups in total. The highest BCUT2D eigenvalue weighted by Crippen LogP contribution is 2.30. The summed E-state index contributed by atoms with van der Waals surface area (Å²) in [6.45, 7) is 2.81. The summed E-state index contributed by atoms with van der Waals surface area (Å²) in [5.41, 5.74) is 1.84. The number of rotatable bonds is 5. The van der Waals surface area contributed by atoms with Crippen LogP contribution in [0.15, 0.2) is 48.5 Å². The van der Waals surface area contributed by atoms with E-state index in [-0.39, 0.29) is 5.28 Å². The lowest BCUT2D eigenvalue weighted by Crippen LogP contribution is -2.12. The normalized spacial score (nSPS) is 10.7. The van der Waals surface area contributed by atoms with Gasteiger partial charge in [0, 0.05) is 18.1 Å². The number of para-hydroxylation sites is 1. The van der Waals surface area contributed by atoms with Crippen molar-refractivity contribution in [2.45, 2.75) is 13.3 Å². The van der Waals surface area contributed by atoms with E-state index in [4.69, 9.17) is 16.3 Å². The highest BCUT2D eigenvalue weighted by Gasteiger charge is 2.12. The molecule has 0 radical (unpaired) electrons. The molecule has 1 aromatic heterocycles. The summed E-state index contributed by atoms with van der Waals surface area (Å²) >= 11 is 6.07. The Morgan fingerprint density at radius 2 is 1.78 bits per heavy atom. The second kappa shape index (κ2) is 6.84. The molecule has 118 valence electrons. The minimum absolute atomic E-state index is 0.244. The second-order valence-electron chi connectivity index (χ2n) is 5.23. The van der Waals surface area contributed by atoms with Gasteiger partial charge in [0.1, 0.15) is 11.6 Å². The van der Waals surface area contributed by atoms with Gasteiger partial charge >= 0.3 is 0 Å². The minimum Gasteiger partial charge on any atom is -0.494 e. The van der Waals surface area contributed by atoms with E-state index >= 15 is 0 Å². The average Bonchev–Trinajstić information content (AvgIpc) is 2.59. The fourth-order valence-corrected chi connectivity index (χ4v) is 2.57. The van der Waals surface area contributed by atoms with Crippen molar-refractivity contribution in [1.29, 1.82) is 0 Å². The quantitative estimate of drug-likeness (QED) is 0.628. The van der Waals surface area contributed by atoms with Crippen LogP contribution in [0.5, 0.6) is 5.75 Å². The summed E-state index contributed by atoms with van der Waals surface area (Å²) in [5, 5.41) is 1.21. The molecule has 4 nitrogen and oxygen atoms in total. The van der Waals surface area contributed by atoms with Crippen LogP contribution in [-0.2, 0) is 0 Å². The maximum absolute atomic E-state index is 6.07. The van der Waals surface area contributed by atoms with Gasteiger partial charge < -0.3 is 9.64 Å². The number of halogens is 1. The maximum Gasteiger partial charge on any atom is 0.224 e. The lowest BCUT2D eigenvalue weighted by atomic mass is 10.2. The van der Waals surface area contributed by atoms with Gasteiger partial charge in [-0.25, -0.2) is 4.98 Å². The van der Waals surface area contributed by atoms with Crippen LogP contribution < -0.4 is 9.64 Å². The van der Waals surface area contributed by atoms with Crippen molar-refractivity contribution < 1.29 is 4.74 Å². The Balaban J connectivity index is 1.95. The van der Waals surface area contributed by atoms with Gasteiger partial charge in [0.15, 0.2) is 0 Å². The number of aromatic nitrogens is 2. The summed E-state index contributed by atoms with van der Waals surface area (Å²) in [5.74, 6) is 1.65. The highest BCUT2D eigenvalue weighted by molar-refractivity contribution is 6.28. The zero-order chi connectivity index (χ0) is 16.2. The molecule has 0 aliphatic heterocycles. The Morgan fingerprint density at radius 1 is 1.04 bits per heavy atom. The fourth-order valence-electron chi connectivity index (χ4n) is 2.40. The van der Waals surface area contributed by atoms with Gasteiger partial charge in [0.25, 0.3) is 0 Å². The molecule has 0 saturated heterocycles. The summed E-state index contributed by atoms with van der Waals surface area (Å²) in [6, 6.07) is 15.8. The Labute approximate surface area is 140 Å². The van der Waals surface area contributed by atoms with Crippen molar-refractivity contribution in [3.8, 4) is 5.75 Å². The van der Waals surface area contributed by atoms with E-state index in [1.165, 1.54) is 0 Å². The van der Waals surface area contributed by atoms with Gasteiger partial charge in [-0.2, -0.15) is 4.98 Å². The Morgan fingerprint density at radius 3 is 2.52 bits per heavy atom. The molecule has 0 aliphatic rings. The van der Waals surface area contributed by atoms with Crippen molar-refractivity contribution in [1.82, 2.24) is 9.97 Å². The zero-order valence-electron chi connectivity index (χ0n) is 13.2. The summed E-state index contributed by atoms with van der Waals surface area (Å²) in [6.07, 6.45) is 0.993. The standard InChI is InChI=1S/C18H18ClN3O/c1-3-12-23-14-10-8-13(9-11-14)22(2)17-15-6-4-5-7-16(15)20-18(19)21-17/h4-11H,3,12H2,1-2H3. The third-order valence-corrected chi connectivity index (χ3v) is 3.74. The number of benzene rings is 2. The molecule has 0 amide bonds. The van der Waals surface area contributed by atoms with Gasteiger partial charge in [-0.05, 0) is 54.4 Å². The van der Waals surface area contributed by atoms with Crippen molar-refractivity contribution in [3.63, 3.8) is 0 Å². The molecule has 0 aliphatic carbocycles. The van der Waals surface area contributed by atoms with Crippen molar-refractivity contribution in [2.75, 3.05) is 18.6 Å². The number of ether oxygens (including phenoxy) is 1. The van der Waals surface area contributed by atoms with Crippen molar-refractivity contribution in [3.05, 3.63) is 53.8 Å². The first-order valence-electron chi connectivity index (χ1n) is 7.58. The van der Waals surface area contributed by atoms with E-state index in [1.54, 1.807) is 0 Å². The molecule has 3 rings (SSSR count). The third-order valence-electron chi connectivity index (χ3n) is 3.57. The number of nitrogens with zero attached hydrogens (tertiary/aromatic N) is 3. The van der Waals surface area contributed by atoms with Crippen molar-refractivity contribution in [2.24, 2.45) is 0 Å².